The molecule has 4 fully saturated rings. The first-order chi connectivity index (χ1) is 13.7. The summed E-state index contributed by atoms with van der Waals surface area (Å²) in [6, 6.07) is 0. The van der Waals surface area contributed by atoms with Crippen molar-refractivity contribution in [2.75, 3.05) is 0 Å². The zero-order chi connectivity index (χ0) is 20.6. The van der Waals surface area contributed by atoms with E-state index in [4.69, 9.17) is 0 Å². The van der Waals surface area contributed by atoms with Crippen molar-refractivity contribution < 1.29 is 9.90 Å². The zero-order valence-corrected chi connectivity index (χ0v) is 18.4. The average molecular weight is 397 g/mol. The van der Waals surface area contributed by atoms with Crippen molar-refractivity contribution in [2.24, 2.45) is 41.5 Å². The topological polar surface area (TPSA) is 55.1 Å². The van der Waals surface area contributed by atoms with Crippen LogP contribution in [0.3, 0.4) is 0 Å². The number of carbonyl (C=O) groups excluding carboxylic acids is 1. The quantitative estimate of drug-likeness (QED) is 0.701. The van der Waals surface area contributed by atoms with Gasteiger partial charge >= 0.3 is 0 Å². The first-order valence-electron chi connectivity index (χ1n) is 11.7. The minimum absolute atomic E-state index is 0.0937. The van der Waals surface area contributed by atoms with Crippen molar-refractivity contribution >= 4 is 11.9 Å². The van der Waals surface area contributed by atoms with E-state index in [9.17, 15) is 9.90 Å². The Morgan fingerprint density at radius 2 is 1.97 bits per heavy atom. The highest BCUT2D eigenvalue weighted by molar-refractivity contribution is 6.06. The highest BCUT2D eigenvalue weighted by Gasteiger charge is 2.61. The number of aromatic nitrogens is 2. The number of aryl methyl sites for hydroxylation is 1. The summed E-state index contributed by atoms with van der Waals surface area (Å²) in [6.07, 6.45) is 12.7. The molecule has 0 amide bonds. The van der Waals surface area contributed by atoms with Gasteiger partial charge in [-0.15, -0.1) is 0 Å². The second-order valence-corrected chi connectivity index (χ2v) is 11.1. The van der Waals surface area contributed by atoms with Crippen molar-refractivity contribution in [1.29, 1.82) is 0 Å². The summed E-state index contributed by atoms with van der Waals surface area (Å²) >= 11 is 0. The lowest BCUT2D eigenvalue weighted by Gasteiger charge is -2.59. The van der Waals surface area contributed by atoms with E-state index in [2.05, 4.69) is 31.9 Å². The molecule has 1 aromatic rings. The van der Waals surface area contributed by atoms with Gasteiger partial charge in [0.2, 0.25) is 0 Å². The van der Waals surface area contributed by atoms with Gasteiger partial charge < -0.3 is 5.11 Å². The minimum Gasteiger partial charge on any atom is -0.393 e. The van der Waals surface area contributed by atoms with Crippen LogP contribution < -0.4 is 0 Å². The van der Waals surface area contributed by atoms with Gasteiger partial charge in [-0.05, 0) is 99.0 Å². The van der Waals surface area contributed by atoms with Gasteiger partial charge in [-0.25, -0.2) is 0 Å². The van der Waals surface area contributed by atoms with E-state index in [1.807, 2.05) is 17.9 Å². The van der Waals surface area contributed by atoms with Gasteiger partial charge in [0.05, 0.1) is 12.3 Å². The molecule has 5 rings (SSSR count). The molecular weight excluding hydrogens is 360 g/mol. The van der Waals surface area contributed by atoms with E-state index < -0.39 is 0 Å². The molecular formula is C25H36N2O2. The van der Waals surface area contributed by atoms with Crippen LogP contribution in [-0.4, -0.2) is 26.8 Å². The third kappa shape index (κ3) is 2.74. The number of ketones is 1. The van der Waals surface area contributed by atoms with Crippen molar-refractivity contribution in [1.82, 2.24) is 9.78 Å². The van der Waals surface area contributed by atoms with Gasteiger partial charge in [-0.1, -0.05) is 13.8 Å². The van der Waals surface area contributed by atoms with E-state index in [1.165, 1.54) is 19.3 Å². The molecule has 4 aliphatic rings. The first kappa shape index (κ1) is 19.5. The molecule has 1 aromatic heterocycles. The van der Waals surface area contributed by atoms with Gasteiger partial charge in [-0.2, -0.15) is 5.10 Å². The Hall–Kier alpha value is -1.42. The van der Waals surface area contributed by atoms with Crippen LogP contribution >= 0.6 is 0 Å². The number of hydrogen-bond donors (Lipinski definition) is 1. The molecule has 7 atom stereocenters. The van der Waals surface area contributed by atoms with Crippen LogP contribution in [0.1, 0.15) is 76.5 Å². The number of hydrogen-bond acceptors (Lipinski definition) is 3. The normalized spacial score (nSPS) is 45.8. The minimum atomic E-state index is -0.180. The smallest absolute Gasteiger partial charge is 0.165 e. The number of Topliss-reactive ketones (excluding diaryl/α,β-unsaturated/α-hetero) is 1. The summed E-state index contributed by atoms with van der Waals surface area (Å²) < 4.78 is 1.89. The standard InChI is InChI=1S/C25H36N2O2/c1-15-17(14-26-27(15)4)11-16-12-22-20-6-5-18-13-19(28)7-9-24(18,2)21(20)8-10-25(22,3)23(16)29/h11,14,18-22,28H,5-10,12-13H2,1-4H3/b16-11-/t18-,19+,20-,21+,22+,24+,25+/m1/s1. The SMILES string of the molecule is Cc1c(/C=C2/C[C@H]3[C@@H]4CC[C@@H]5C[C@@H](O)CC[C@]5(C)[C@H]4CC[C@]3(C)C2=O)cnn1C. The van der Waals surface area contributed by atoms with Crippen molar-refractivity contribution in [3.8, 4) is 0 Å². The summed E-state index contributed by atoms with van der Waals surface area (Å²) in [4.78, 5) is 13.5. The summed E-state index contributed by atoms with van der Waals surface area (Å²) in [5.41, 5.74) is 3.42. The fourth-order valence-electron chi connectivity index (χ4n) is 7.88. The van der Waals surface area contributed by atoms with Gasteiger partial charge in [0.1, 0.15) is 0 Å². The number of aliphatic hydroxyl groups excluding tert-OH is 1. The molecule has 4 heteroatoms. The molecule has 0 bridgehead atoms. The van der Waals surface area contributed by atoms with Crippen LogP contribution in [0.5, 0.6) is 0 Å². The molecule has 0 radical (unpaired) electrons. The van der Waals surface area contributed by atoms with Gasteiger partial charge in [0.25, 0.3) is 0 Å². The number of rotatable bonds is 1. The number of carbonyl (C=O) groups is 1. The largest absolute Gasteiger partial charge is 0.393 e. The third-order valence-corrected chi connectivity index (χ3v) is 9.88. The molecule has 1 heterocycles. The summed E-state index contributed by atoms with van der Waals surface area (Å²) in [6.45, 7) is 6.84. The lowest BCUT2D eigenvalue weighted by molar-refractivity contribution is -0.141. The molecule has 0 unspecified atom stereocenters. The number of allylic oxidation sites excluding steroid dienone is 1. The lowest BCUT2D eigenvalue weighted by Crippen LogP contribution is -2.54. The Kier molecular flexibility index (Phi) is 4.40. The Bertz CT molecular complexity index is 870. The molecule has 1 N–H and O–H groups in total. The van der Waals surface area contributed by atoms with Crippen LogP contribution in [0.4, 0.5) is 0 Å². The Labute approximate surface area is 174 Å². The number of aliphatic hydroxyl groups is 1. The third-order valence-electron chi connectivity index (χ3n) is 9.88. The molecule has 29 heavy (non-hydrogen) atoms. The van der Waals surface area contributed by atoms with Crippen LogP contribution in [0, 0.1) is 41.4 Å². The van der Waals surface area contributed by atoms with Crippen LogP contribution in [0.25, 0.3) is 6.08 Å². The lowest BCUT2D eigenvalue weighted by atomic mass is 9.45. The van der Waals surface area contributed by atoms with Crippen molar-refractivity contribution in [2.45, 2.75) is 78.2 Å². The van der Waals surface area contributed by atoms with Crippen LogP contribution in [0.15, 0.2) is 11.8 Å². The molecule has 0 saturated heterocycles. The molecule has 0 aliphatic heterocycles. The van der Waals surface area contributed by atoms with E-state index in [0.717, 1.165) is 54.9 Å². The average Bonchev–Trinajstić information content (AvgIpc) is 3.14. The first-order valence-corrected chi connectivity index (χ1v) is 11.7. The van der Waals surface area contributed by atoms with E-state index in [-0.39, 0.29) is 11.5 Å². The van der Waals surface area contributed by atoms with Crippen molar-refractivity contribution in [3.05, 3.63) is 23.0 Å². The molecule has 4 saturated carbocycles. The highest BCUT2D eigenvalue weighted by Crippen LogP contribution is 2.66. The maximum atomic E-state index is 13.5. The Morgan fingerprint density at radius 1 is 1.17 bits per heavy atom. The van der Waals surface area contributed by atoms with Crippen LogP contribution in [-0.2, 0) is 11.8 Å². The van der Waals surface area contributed by atoms with Gasteiger partial charge in [0, 0.05) is 23.7 Å². The predicted octanol–water partition coefficient (Wildman–Crippen LogP) is 4.69. The van der Waals surface area contributed by atoms with Crippen LogP contribution in [0.2, 0.25) is 0 Å². The second kappa shape index (κ2) is 6.54. The van der Waals surface area contributed by atoms with E-state index in [1.54, 1.807) is 0 Å². The summed E-state index contributed by atoms with van der Waals surface area (Å²) in [7, 11) is 1.96. The summed E-state index contributed by atoms with van der Waals surface area (Å²) in [5, 5.41) is 14.6. The van der Waals surface area contributed by atoms with E-state index >= 15 is 0 Å². The highest BCUT2D eigenvalue weighted by atomic mass is 16.3. The zero-order valence-electron chi connectivity index (χ0n) is 18.4. The summed E-state index contributed by atoms with van der Waals surface area (Å²) in [5.74, 6) is 2.94. The fourth-order valence-corrected chi connectivity index (χ4v) is 7.88. The molecule has 0 aromatic carbocycles. The Morgan fingerprint density at radius 3 is 2.69 bits per heavy atom. The number of nitrogens with zero attached hydrogens (tertiary/aromatic N) is 2. The second-order valence-electron chi connectivity index (χ2n) is 11.1. The monoisotopic (exact) mass is 396 g/mol. The molecule has 4 aliphatic carbocycles. The van der Waals surface area contributed by atoms with Gasteiger partial charge in [-0.3, -0.25) is 9.48 Å². The molecule has 158 valence electrons. The van der Waals surface area contributed by atoms with E-state index in [0.29, 0.717) is 29.0 Å². The molecule has 4 nitrogen and oxygen atoms in total. The number of fused-ring (bicyclic) bond motifs is 5. The fraction of sp³-hybridized carbons (Fsp3) is 0.760. The van der Waals surface area contributed by atoms with Gasteiger partial charge in [0.15, 0.2) is 5.78 Å². The van der Waals surface area contributed by atoms with Crippen molar-refractivity contribution in [3.63, 3.8) is 0 Å². The predicted molar refractivity (Wildman–Crippen MR) is 114 cm³/mol. The Balaban J connectivity index is 1.46. The molecule has 0 spiro atoms. The maximum Gasteiger partial charge on any atom is 0.165 e. The maximum absolute atomic E-state index is 13.5.